The van der Waals surface area contributed by atoms with Gasteiger partial charge < -0.3 is 15.2 Å². The Balaban J connectivity index is 2.45. The third-order valence-electron chi connectivity index (χ3n) is 2.80. The maximum Gasteiger partial charge on any atom is 0.244 e. The molecule has 1 amide bonds. The topological polar surface area (TPSA) is 58.6 Å². The molecule has 4 heteroatoms. The van der Waals surface area contributed by atoms with Crippen molar-refractivity contribution in [2.24, 2.45) is 0 Å². The average molecular weight is 263 g/mol. The minimum atomic E-state index is -0.349. The summed E-state index contributed by atoms with van der Waals surface area (Å²) in [6.45, 7) is 2.39. The number of carbonyl (C=O) groups excluding carboxylic acids is 1. The Bertz CT molecular complexity index is 429. The van der Waals surface area contributed by atoms with Crippen LogP contribution < -0.4 is 10.1 Å². The normalized spacial score (nSPS) is 12.4. The number of hydrogen-bond donors (Lipinski definition) is 2. The van der Waals surface area contributed by atoms with Crippen LogP contribution in [0.15, 0.2) is 30.3 Å². The molecule has 1 unspecified atom stereocenters. The predicted molar refractivity (Wildman–Crippen MR) is 76.0 cm³/mol. The monoisotopic (exact) mass is 263 g/mol. The van der Waals surface area contributed by atoms with Crippen LogP contribution >= 0.6 is 0 Å². The van der Waals surface area contributed by atoms with E-state index in [4.69, 9.17) is 4.74 Å². The lowest BCUT2D eigenvalue weighted by Crippen LogP contribution is -2.25. The zero-order valence-electron chi connectivity index (χ0n) is 11.4. The molecule has 1 aromatic rings. The first-order valence-electron chi connectivity index (χ1n) is 6.44. The Labute approximate surface area is 114 Å². The largest absolute Gasteiger partial charge is 0.496 e. The van der Waals surface area contributed by atoms with Crippen LogP contribution in [-0.2, 0) is 4.79 Å². The van der Waals surface area contributed by atoms with Crippen molar-refractivity contribution in [3.05, 3.63) is 35.9 Å². The molecule has 2 N–H and O–H groups in total. The summed E-state index contributed by atoms with van der Waals surface area (Å²) in [7, 11) is 1.60. The van der Waals surface area contributed by atoms with E-state index in [-0.39, 0.29) is 12.0 Å². The third-order valence-corrected chi connectivity index (χ3v) is 2.80. The Hall–Kier alpha value is -1.81. The van der Waals surface area contributed by atoms with Gasteiger partial charge in [0.1, 0.15) is 5.75 Å². The number of nitrogens with one attached hydrogen (secondary N) is 1. The van der Waals surface area contributed by atoms with Crippen LogP contribution in [0.2, 0.25) is 0 Å². The summed E-state index contributed by atoms with van der Waals surface area (Å²) in [5, 5.41) is 12.1. The van der Waals surface area contributed by atoms with Crippen LogP contribution in [-0.4, -0.2) is 30.8 Å². The fourth-order valence-electron chi connectivity index (χ4n) is 1.59. The van der Waals surface area contributed by atoms with Crippen LogP contribution in [0.3, 0.4) is 0 Å². The van der Waals surface area contributed by atoms with Gasteiger partial charge >= 0.3 is 0 Å². The molecular formula is C15H21NO3. The number of amides is 1. The van der Waals surface area contributed by atoms with Crippen LogP contribution in [0.4, 0.5) is 0 Å². The first kappa shape index (κ1) is 15.2. The van der Waals surface area contributed by atoms with Gasteiger partial charge in [0.2, 0.25) is 5.91 Å². The molecule has 0 saturated carbocycles. The highest BCUT2D eigenvalue weighted by atomic mass is 16.5. The molecule has 19 heavy (non-hydrogen) atoms. The Morgan fingerprint density at radius 3 is 2.89 bits per heavy atom. The third kappa shape index (κ3) is 5.57. The molecule has 0 aromatic heterocycles. The standard InChI is InChI=1S/C15H21NO3/c1-3-13(17)10-11-16-15(18)9-8-12-6-4-5-7-14(12)19-2/h4-9,13,17H,3,10-11H2,1-2H3,(H,16,18)/b9-8+. The van der Waals surface area contributed by atoms with Gasteiger partial charge in [-0.15, -0.1) is 0 Å². The van der Waals surface area contributed by atoms with E-state index in [0.717, 1.165) is 11.3 Å². The number of methoxy groups -OCH3 is 1. The second-order valence-corrected chi connectivity index (χ2v) is 4.22. The second-order valence-electron chi connectivity index (χ2n) is 4.22. The lowest BCUT2D eigenvalue weighted by molar-refractivity contribution is -0.116. The summed E-state index contributed by atoms with van der Waals surface area (Å²) in [4.78, 5) is 11.6. The van der Waals surface area contributed by atoms with E-state index in [1.807, 2.05) is 31.2 Å². The number of aliphatic hydroxyl groups excluding tert-OH is 1. The lowest BCUT2D eigenvalue weighted by Gasteiger charge is -2.07. The van der Waals surface area contributed by atoms with Gasteiger partial charge in [0.05, 0.1) is 13.2 Å². The summed E-state index contributed by atoms with van der Waals surface area (Å²) in [5.41, 5.74) is 0.855. The van der Waals surface area contributed by atoms with Gasteiger partial charge in [-0.1, -0.05) is 25.1 Å². The van der Waals surface area contributed by atoms with Crippen molar-refractivity contribution >= 4 is 12.0 Å². The molecule has 0 saturated heterocycles. The Morgan fingerprint density at radius 2 is 2.21 bits per heavy atom. The number of aliphatic hydroxyl groups is 1. The number of benzene rings is 1. The molecule has 0 spiro atoms. The minimum Gasteiger partial charge on any atom is -0.496 e. The van der Waals surface area contributed by atoms with Crippen molar-refractivity contribution < 1.29 is 14.6 Å². The van der Waals surface area contributed by atoms with E-state index in [0.29, 0.717) is 19.4 Å². The van der Waals surface area contributed by atoms with Gasteiger partial charge in [0.25, 0.3) is 0 Å². The van der Waals surface area contributed by atoms with Gasteiger partial charge in [-0.3, -0.25) is 4.79 Å². The summed E-state index contributed by atoms with van der Waals surface area (Å²) in [5.74, 6) is 0.558. The van der Waals surface area contributed by atoms with Crippen molar-refractivity contribution in [2.75, 3.05) is 13.7 Å². The molecule has 1 rings (SSSR count). The smallest absolute Gasteiger partial charge is 0.244 e. The molecule has 1 aromatic carbocycles. The summed E-state index contributed by atoms with van der Waals surface area (Å²) < 4.78 is 5.19. The van der Waals surface area contributed by atoms with Crippen molar-refractivity contribution in [3.63, 3.8) is 0 Å². The highest BCUT2D eigenvalue weighted by Gasteiger charge is 2.02. The van der Waals surface area contributed by atoms with Gasteiger partial charge in [0.15, 0.2) is 0 Å². The summed E-state index contributed by atoms with van der Waals surface area (Å²) in [6, 6.07) is 7.48. The number of rotatable bonds is 7. The SMILES string of the molecule is CCC(O)CCNC(=O)/C=C/c1ccccc1OC. The first-order chi connectivity index (χ1) is 9.17. The predicted octanol–water partition coefficient (Wildman–Crippen LogP) is 1.99. The number of ether oxygens (including phenoxy) is 1. The minimum absolute atomic E-state index is 0.172. The fraction of sp³-hybridized carbons (Fsp3) is 0.400. The zero-order valence-corrected chi connectivity index (χ0v) is 11.4. The second kappa shape index (κ2) is 8.32. The number of para-hydroxylation sites is 1. The van der Waals surface area contributed by atoms with E-state index in [9.17, 15) is 9.90 Å². The summed E-state index contributed by atoms with van der Waals surface area (Å²) in [6.07, 6.45) is 4.11. The van der Waals surface area contributed by atoms with Crippen LogP contribution in [0.5, 0.6) is 5.75 Å². The van der Waals surface area contributed by atoms with Crippen LogP contribution in [0, 0.1) is 0 Å². The summed E-state index contributed by atoms with van der Waals surface area (Å²) >= 11 is 0. The fourth-order valence-corrected chi connectivity index (χ4v) is 1.59. The average Bonchev–Trinajstić information content (AvgIpc) is 2.45. The number of carbonyl (C=O) groups is 1. The van der Waals surface area contributed by atoms with Gasteiger partial charge in [-0.05, 0) is 25.0 Å². The van der Waals surface area contributed by atoms with E-state index in [1.54, 1.807) is 13.2 Å². The molecule has 0 fully saturated rings. The highest BCUT2D eigenvalue weighted by molar-refractivity contribution is 5.92. The zero-order chi connectivity index (χ0) is 14.1. The van der Waals surface area contributed by atoms with Gasteiger partial charge in [-0.25, -0.2) is 0 Å². The van der Waals surface area contributed by atoms with Crippen molar-refractivity contribution in [1.29, 1.82) is 0 Å². The van der Waals surface area contributed by atoms with E-state index >= 15 is 0 Å². The maximum atomic E-state index is 11.6. The molecule has 0 radical (unpaired) electrons. The molecular weight excluding hydrogens is 242 g/mol. The van der Waals surface area contributed by atoms with Gasteiger partial charge in [-0.2, -0.15) is 0 Å². The maximum absolute atomic E-state index is 11.6. The van der Waals surface area contributed by atoms with Crippen molar-refractivity contribution in [3.8, 4) is 5.75 Å². The molecule has 0 aliphatic heterocycles. The highest BCUT2D eigenvalue weighted by Crippen LogP contribution is 2.18. The molecule has 0 aliphatic carbocycles. The molecule has 4 nitrogen and oxygen atoms in total. The Morgan fingerprint density at radius 1 is 1.47 bits per heavy atom. The number of hydrogen-bond acceptors (Lipinski definition) is 3. The van der Waals surface area contributed by atoms with Crippen LogP contribution in [0.25, 0.3) is 6.08 Å². The quantitative estimate of drug-likeness (QED) is 0.740. The molecule has 104 valence electrons. The molecule has 0 aliphatic rings. The van der Waals surface area contributed by atoms with E-state index in [2.05, 4.69) is 5.32 Å². The first-order valence-corrected chi connectivity index (χ1v) is 6.44. The Kier molecular flexibility index (Phi) is 6.68. The van der Waals surface area contributed by atoms with Crippen molar-refractivity contribution in [1.82, 2.24) is 5.32 Å². The van der Waals surface area contributed by atoms with E-state index in [1.165, 1.54) is 6.08 Å². The molecule has 0 heterocycles. The molecule has 1 atom stereocenters. The lowest BCUT2D eigenvalue weighted by atomic mass is 10.2. The van der Waals surface area contributed by atoms with Crippen molar-refractivity contribution in [2.45, 2.75) is 25.9 Å². The molecule has 0 bridgehead atoms. The van der Waals surface area contributed by atoms with Gasteiger partial charge in [0, 0.05) is 18.2 Å². The van der Waals surface area contributed by atoms with Crippen LogP contribution in [0.1, 0.15) is 25.3 Å². The van der Waals surface area contributed by atoms with E-state index < -0.39 is 0 Å².